The number of aromatic carboxylic acids is 1. The molecule has 0 amide bonds. The van der Waals surface area contributed by atoms with Gasteiger partial charge in [-0.15, -0.1) is 0 Å². The van der Waals surface area contributed by atoms with E-state index in [1.165, 1.54) is 10.6 Å². The summed E-state index contributed by atoms with van der Waals surface area (Å²) in [5.74, 6) is -0.564. The molecule has 2 aromatic carbocycles. The second kappa shape index (κ2) is 5.96. The number of carbonyl (C=O) groups is 1. The molecule has 1 N–H and O–H groups in total. The zero-order chi connectivity index (χ0) is 16.4. The number of pyridine rings is 1. The molecule has 1 heterocycles. The predicted octanol–water partition coefficient (Wildman–Crippen LogP) is 2.76. The first-order valence-corrected chi connectivity index (χ1v) is 7.08. The van der Waals surface area contributed by atoms with E-state index in [9.17, 15) is 9.59 Å². The molecule has 0 unspecified atom stereocenters. The minimum atomic E-state index is -1.23. The van der Waals surface area contributed by atoms with Gasteiger partial charge < -0.3 is 14.4 Å². The van der Waals surface area contributed by atoms with Crippen LogP contribution in [0, 0.1) is 0 Å². The Bertz CT molecular complexity index is 943. The lowest BCUT2D eigenvalue weighted by atomic mass is 10.1. The van der Waals surface area contributed by atoms with Crippen LogP contribution in [0.1, 0.15) is 15.9 Å². The largest absolute Gasteiger partial charge is 0.496 e. The standard InChI is InChI=1S/C18H15NO4/c1-23-16-10-13-6-3-2-5-12(13)9-14(16)11-19-8-4-7-15(17(19)20)18(21)22/h2-10H,11H2,1H3,(H,21,22). The topological polar surface area (TPSA) is 68.5 Å². The number of ether oxygens (including phenoxy) is 1. The van der Waals surface area contributed by atoms with Crippen molar-refractivity contribution < 1.29 is 14.6 Å². The first-order valence-electron chi connectivity index (χ1n) is 7.08. The summed E-state index contributed by atoms with van der Waals surface area (Å²) in [6, 6.07) is 14.6. The maximum atomic E-state index is 12.2. The lowest BCUT2D eigenvalue weighted by molar-refractivity contribution is 0.0694. The second-order valence-electron chi connectivity index (χ2n) is 5.17. The first kappa shape index (κ1) is 14.8. The van der Waals surface area contributed by atoms with Crippen LogP contribution in [0.15, 0.2) is 59.5 Å². The summed E-state index contributed by atoms with van der Waals surface area (Å²) in [5.41, 5.74) is 0.0401. The summed E-state index contributed by atoms with van der Waals surface area (Å²) in [5, 5.41) is 11.1. The normalized spacial score (nSPS) is 10.7. The predicted molar refractivity (Wildman–Crippen MR) is 87.3 cm³/mol. The fourth-order valence-electron chi connectivity index (χ4n) is 2.59. The number of benzene rings is 2. The van der Waals surface area contributed by atoms with Crippen molar-refractivity contribution in [3.8, 4) is 5.75 Å². The van der Waals surface area contributed by atoms with Crippen LogP contribution in [-0.2, 0) is 6.54 Å². The molecule has 3 rings (SSSR count). The summed E-state index contributed by atoms with van der Waals surface area (Å²) in [6.45, 7) is 0.244. The number of methoxy groups -OCH3 is 1. The number of aromatic nitrogens is 1. The molecule has 0 radical (unpaired) electrons. The zero-order valence-corrected chi connectivity index (χ0v) is 12.5. The van der Waals surface area contributed by atoms with Gasteiger partial charge in [0.2, 0.25) is 0 Å². The van der Waals surface area contributed by atoms with Crippen LogP contribution in [0.2, 0.25) is 0 Å². The van der Waals surface area contributed by atoms with Crippen molar-refractivity contribution >= 4 is 16.7 Å². The molecular formula is C18H15NO4. The van der Waals surface area contributed by atoms with Crippen LogP contribution in [-0.4, -0.2) is 22.8 Å². The minimum absolute atomic E-state index is 0.243. The Morgan fingerprint density at radius 3 is 2.48 bits per heavy atom. The molecule has 0 aliphatic rings. The van der Waals surface area contributed by atoms with Crippen molar-refractivity contribution in [2.75, 3.05) is 7.11 Å². The van der Waals surface area contributed by atoms with Crippen LogP contribution in [0.4, 0.5) is 0 Å². The van der Waals surface area contributed by atoms with Crippen LogP contribution in [0.25, 0.3) is 10.8 Å². The van der Waals surface area contributed by atoms with Gasteiger partial charge in [-0.1, -0.05) is 24.3 Å². The molecule has 0 aliphatic carbocycles. The van der Waals surface area contributed by atoms with Gasteiger partial charge in [-0.2, -0.15) is 0 Å². The van der Waals surface area contributed by atoms with Gasteiger partial charge >= 0.3 is 5.97 Å². The van der Waals surface area contributed by atoms with E-state index >= 15 is 0 Å². The fourth-order valence-corrected chi connectivity index (χ4v) is 2.59. The Morgan fingerprint density at radius 2 is 1.83 bits per heavy atom. The monoisotopic (exact) mass is 309 g/mol. The van der Waals surface area contributed by atoms with E-state index in [1.54, 1.807) is 19.4 Å². The Kier molecular flexibility index (Phi) is 3.85. The van der Waals surface area contributed by atoms with Gasteiger partial charge in [0.1, 0.15) is 11.3 Å². The van der Waals surface area contributed by atoms with E-state index in [4.69, 9.17) is 9.84 Å². The smallest absolute Gasteiger partial charge is 0.341 e. The number of carboxylic acid groups (broad SMARTS) is 1. The average Bonchev–Trinajstić information content (AvgIpc) is 2.55. The van der Waals surface area contributed by atoms with Crippen molar-refractivity contribution in [2.45, 2.75) is 6.54 Å². The molecule has 0 spiro atoms. The van der Waals surface area contributed by atoms with Gasteiger partial charge in [0.15, 0.2) is 0 Å². The molecule has 23 heavy (non-hydrogen) atoms. The van der Waals surface area contributed by atoms with Crippen LogP contribution < -0.4 is 10.3 Å². The maximum absolute atomic E-state index is 12.2. The lowest BCUT2D eigenvalue weighted by Gasteiger charge is -2.12. The third kappa shape index (κ3) is 2.81. The Morgan fingerprint density at radius 1 is 1.13 bits per heavy atom. The van der Waals surface area contributed by atoms with Crippen molar-refractivity contribution in [1.29, 1.82) is 0 Å². The van der Waals surface area contributed by atoms with Crippen molar-refractivity contribution in [3.63, 3.8) is 0 Å². The summed E-state index contributed by atoms with van der Waals surface area (Å²) in [7, 11) is 1.57. The number of carboxylic acids is 1. The highest BCUT2D eigenvalue weighted by molar-refractivity contribution is 5.87. The molecule has 0 saturated carbocycles. The molecular weight excluding hydrogens is 294 g/mol. The van der Waals surface area contributed by atoms with E-state index in [1.807, 2.05) is 36.4 Å². The van der Waals surface area contributed by atoms with Crippen molar-refractivity contribution in [2.24, 2.45) is 0 Å². The molecule has 0 bridgehead atoms. The van der Waals surface area contributed by atoms with E-state index < -0.39 is 11.5 Å². The quantitative estimate of drug-likeness (QED) is 0.804. The maximum Gasteiger partial charge on any atom is 0.341 e. The van der Waals surface area contributed by atoms with Crippen molar-refractivity contribution in [1.82, 2.24) is 4.57 Å². The SMILES string of the molecule is COc1cc2ccccc2cc1Cn1cccc(C(=O)O)c1=O. The third-order valence-electron chi connectivity index (χ3n) is 3.74. The Hall–Kier alpha value is -3.08. The summed E-state index contributed by atoms with van der Waals surface area (Å²) in [4.78, 5) is 23.3. The van der Waals surface area contributed by atoms with Crippen molar-refractivity contribution in [3.05, 3.63) is 76.2 Å². The molecule has 5 heteroatoms. The summed E-state index contributed by atoms with van der Waals surface area (Å²) in [6.07, 6.45) is 1.57. The second-order valence-corrected chi connectivity index (χ2v) is 5.17. The Labute approximate surface area is 132 Å². The highest BCUT2D eigenvalue weighted by atomic mass is 16.5. The highest BCUT2D eigenvalue weighted by Gasteiger charge is 2.12. The molecule has 1 aromatic heterocycles. The summed E-state index contributed by atoms with van der Waals surface area (Å²) >= 11 is 0. The third-order valence-corrected chi connectivity index (χ3v) is 3.74. The lowest BCUT2D eigenvalue weighted by Crippen LogP contribution is -2.26. The van der Waals surface area contributed by atoms with Crippen LogP contribution in [0.3, 0.4) is 0 Å². The number of nitrogens with zero attached hydrogens (tertiary/aromatic N) is 1. The van der Waals surface area contributed by atoms with E-state index in [-0.39, 0.29) is 12.1 Å². The van der Waals surface area contributed by atoms with Gasteiger partial charge in [-0.3, -0.25) is 4.79 Å². The summed E-state index contributed by atoms with van der Waals surface area (Å²) < 4.78 is 6.78. The molecule has 0 atom stereocenters. The van der Waals surface area contributed by atoms with Gasteiger partial charge in [0.05, 0.1) is 13.7 Å². The molecule has 3 aromatic rings. The van der Waals surface area contributed by atoms with Gasteiger partial charge in [0.25, 0.3) is 5.56 Å². The molecule has 0 aliphatic heterocycles. The molecule has 0 saturated heterocycles. The molecule has 0 fully saturated rings. The minimum Gasteiger partial charge on any atom is -0.496 e. The van der Waals surface area contributed by atoms with Crippen LogP contribution in [0.5, 0.6) is 5.75 Å². The molecule has 5 nitrogen and oxygen atoms in total. The number of rotatable bonds is 4. The Balaban J connectivity index is 2.10. The van der Waals surface area contributed by atoms with E-state index in [0.29, 0.717) is 5.75 Å². The van der Waals surface area contributed by atoms with E-state index in [0.717, 1.165) is 16.3 Å². The van der Waals surface area contributed by atoms with Gasteiger partial charge in [-0.05, 0) is 35.0 Å². The fraction of sp³-hybridized carbons (Fsp3) is 0.111. The number of hydrogen-bond acceptors (Lipinski definition) is 3. The first-order chi connectivity index (χ1) is 11.1. The van der Waals surface area contributed by atoms with Gasteiger partial charge in [0, 0.05) is 11.8 Å². The molecule has 116 valence electrons. The number of fused-ring (bicyclic) bond motifs is 1. The zero-order valence-electron chi connectivity index (χ0n) is 12.5. The van der Waals surface area contributed by atoms with Crippen LogP contribution >= 0.6 is 0 Å². The average molecular weight is 309 g/mol. The van der Waals surface area contributed by atoms with Gasteiger partial charge in [-0.25, -0.2) is 4.79 Å². The highest BCUT2D eigenvalue weighted by Crippen LogP contribution is 2.26. The number of hydrogen-bond donors (Lipinski definition) is 1. The van der Waals surface area contributed by atoms with E-state index in [2.05, 4.69) is 0 Å².